The lowest BCUT2D eigenvalue weighted by Crippen LogP contribution is -2.42. The largest absolute Gasteiger partial charge is 0.466 e. The van der Waals surface area contributed by atoms with E-state index in [0.29, 0.717) is 24.7 Å². The second kappa shape index (κ2) is 5.38. The first-order chi connectivity index (χ1) is 9.59. The molecule has 4 heteroatoms. The Kier molecular flexibility index (Phi) is 4.22. The Balaban J connectivity index is 2.33. The minimum absolute atomic E-state index is 0.0298. The molecule has 0 amide bonds. The zero-order chi connectivity index (χ0) is 16.0. The summed E-state index contributed by atoms with van der Waals surface area (Å²) < 4.78 is 5.17. The van der Waals surface area contributed by atoms with Crippen molar-refractivity contribution in [3.05, 3.63) is 10.8 Å². The standard InChI is InChI=1S/C17H28O3Si/c1-7-20-16(19)12-8-11-10-14(18)15(13(11)9-12)21(5,6)17(2,3)4/h11-12H,7-10H2,1-6H3/t11-,12-/m0/s1. The van der Waals surface area contributed by atoms with Crippen molar-refractivity contribution in [1.29, 1.82) is 0 Å². The van der Waals surface area contributed by atoms with Crippen LogP contribution in [-0.2, 0) is 14.3 Å². The van der Waals surface area contributed by atoms with Crippen LogP contribution in [0.2, 0.25) is 18.1 Å². The zero-order valence-corrected chi connectivity index (χ0v) is 15.2. The molecule has 0 aromatic carbocycles. The monoisotopic (exact) mass is 308 g/mol. The lowest BCUT2D eigenvalue weighted by molar-refractivity contribution is -0.147. The van der Waals surface area contributed by atoms with Crippen LogP contribution in [0.5, 0.6) is 0 Å². The summed E-state index contributed by atoms with van der Waals surface area (Å²) in [6.07, 6.45) is 2.17. The number of hydrogen-bond acceptors (Lipinski definition) is 3. The van der Waals surface area contributed by atoms with E-state index in [1.807, 2.05) is 6.92 Å². The van der Waals surface area contributed by atoms with E-state index in [0.717, 1.165) is 18.0 Å². The minimum Gasteiger partial charge on any atom is -0.466 e. The van der Waals surface area contributed by atoms with Crippen molar-refractivity contribution in [3.8, 4) is 0 Å². The van der Waals surface area contributed by atoms with Crippen molar-refractivity contribution >= 4 is 19.8 Å². The van der Waals surface area contributed by atoms with Gasteiger partial charge in [-0.2, -0.15) is 0 Å². The van der Waals surface area contributed by atoms with Crippen molar-refractivity contribution in [3.63, 3.8) is 0 Å². The Morgan fingerprint density at radius 1 is 1.29 bits per heavy atom. The predicted molar refractivity (Wildman–Crippen MR) is 86.7 cm³/mol. The minimum atomic E-state index is -1.83. The topological polar surface area (TPSA) is 43.4 Å². The molecule has 0 radical (unpaired) electrons. The van der Waals surface area contributed by atoms with Crippen LogP contribution >= 0.6 is 0 Å². The Bertz CT molecular complexity index is 497. The first-order valence-corrected chi connectivity index (χ1v) is 11.0. The molecule has 2 atom stereocenters. The van der Waals surface area contributed by atoms with Gasteiger partial charge in [-0.1, -0.05) is 39.4 Å². The molecule has 0 aliphatic heterocycles. The summed E-state index contributed by atoms with van der Waals surface area (Å²) in [6.45, 7) is 13.6. The molecule has 0 aromatic rings. The second-order valence-electron chi connectivity index (χ2n) is 7.99. The Morgan fingerprint density at radius 3 is 2.43 bits per heavy atom. The van der Waals surface area contributed by atoms with Crippen LogP contribution in [0.25, 0.3) is 0 Å². The predicted octanol–water partition coefficient (Wildman–Crippen LogP) is 3.89. The molecular weight excluding hydrogens is 280 g/mol. The van der Waals surface area contributed by atoms with Gasteiger partial charge < -0.3 is 4.74 Å². The van der Waals surface area contributed by atoms with Crippen molar-refractivity contribution in [2.24, 2.45) is 11.8 Å². The van der Waals surface area contributed by atoms with E-state index in [1.165, 1.54) is 5.57 Å². The summed E-state index contributed by atoms with van der Waals surface area (Å²) in [7, 11) is -1.83. The highest BCUT2D eigenvalue weighted by atomic mass is 28.3. The number of Topliss-reactive ketones (excluding diaryl/α,β-unsaturated/α-hetero) is 1. The summed E-state index contributed by atoms with van der Waals surface area (Å²) in [6, 6.07) is 0. The van der Waals surface area contributed by atoms with Crippen LogP contribution in [0, 0.1) is 11.8 Å². The summed E-state index contributed by atoms with van der Waals surface area (Å²) in [5, 5.41) is 1.29. The third-order valence-corrected chi connectivity index (χ3v) is 11.3. The third-order valence-electron chi connectivity index (χ3n) is 5.68. The zero-order valence-electron chi connectivity index (χ0n) is 14.2. The Morgan fingerprint density at radius 2 is 1.90 bits per heavy atom. The van der Waals surface area contributed by atoms with Crippen LogP contribution in [-0.4, -0.2) is 26.4 Å². The molecular formula is C17H28O3Si. The lowest BCUT2D eigenvalue weighted by Gasteiger charge is -2.38. The van der Waals surface area contributed by atoms with Gasteiger partial charge in [0.15, 0.2) is 5.78 Å². The summed E-state index contributed by atoms with van der Waals surface area (Å²) in [4.78, 5) is 24.5. The van der Waals surface area contributed by atoms with Crippen LogP contribution < -0.4 is 0 Å². The van der Waals surface area contributed by atoms with Crippen LogP contribution in [0.15, 0.2) is 10.8 Å². The molecule has 0 bridgehead atoms. The lowest BCUT2D eigenvalue weighted by atomic mass is 10.0. The van der Waals surface area contributed by atoms with E-state index in [1.54, 1.807) is 0 Å². The highest BCUT2D eigenvalue weighted by Gasteiger charge is 2.50. The highest BCUT2D eigenvalue weighted by molar-refractivity contribution is 6.91. The number of ether oxygens (including phenoxy) is 1. The average molecular weight is 308 g/mol. The van der Waals surface area contributed by atoms with E-state index < -0.39 is 8.07 Å². The van der Waals surface area contributed by atoms with Gasteiger partial charge in [-0.25, -0.2) is 0 Å². The number of hydrogen-bond donors (Lipinski definition) is 0. The number of esters is 1. The van der Waals surface area contributed by atoms with Crippen molar-refractivity contribution < 1.29 is 14.3 Å². The molecule has 0 aromatic heterocycles. The van der Waals surface area contributed by atoms with Gasteiger partial charge in [0.1, 0.15) is 0 Å². The summed E-state index contributed by atoms with van der Waals surface area (Å²) in [5.74, 6) is 0.541. The van der Waals surface area contributed by atoms with Gasteiger partial charge >= 0.3 is 5.97 Å². The van der Waals surface area contributed by atoms with E-state index in [-0.39, 0.29) is 16.9 Å². The number of rotatable bonds is 3. The van der Waals surface area contributed by atoms with Gasteiger partial charge in [0, 0.05) is 6.42 Å². The van der Waals surface area contributed by atoms with E-state index >= 15 is 0 Å². The summed E-state index contributed by atoms with van der Waals surface area (Å²) in [5.41, 5.74) is 1.30. The Labute approximate surface area is 129 Å². The molecule has 118 valence electrons. The maximum Gasteiger partial charge on any atom is 0.309 e. The van der Waals surface area contributed by atoms with Crippen LogP contribution in [0.4, 0.5) is 0 Å². The molecule has 0 N–H and O–H groups in total. The fourth-order valence-electron chi connectivity index (χ4n) is 3.58. The van der Waals surface area contributed by atoms with Crippen molar-refractivity contribution in [2.75, 3.05) is 6.61 Å². The second-order valence-corrected chi connectivity index (χ2v) is 13.2. The quantitative estimate of drug-likeness (QED) is 0.587. The maximum atomic E-state index is 12.5. The fraction of sp³-hybridized carbons (Fsp3) is 0.765. The SMILES string of the molecule is CCOC(=O)[C@@H]1CC2=C([Si](C)(C)C(C)(C)C)C(=O)C[C@@H]2C1. The number of ketones is 1. The van der Waals surface area contributed by atoms with Gasteiger partial charge in [-0.15, -0.1) is 0 Å². The molecule has 0 heterocycles. The summed E-state index contributed by atoms with van der Waals surface area (Å²) >= 11 is 0. The third kappa shape index (κ3) is 2.74. The maximum absolute atomic E-state index is 12.5. The molecule has 2 aliphatic rings. The van der Waals surface area contributed by atoms with Gasteiger partial charge in [0.05, 0.1) is 20.6 Å². The Hall–Kier alpha value is -0.903. The number of carbonyl (C=O) groups is 2. The molecule has 2 aliphatic carbocycles. The molecule has 1 fully saturated rings. The smallest absolute Gasteiger partial charge is 0.309 e. The van der Waals surface area contributed by atoms with Crippen LogP contribution in [0.1, 0.15) is 47.0 Å². The molecule has 0 saturated heterocycles. The first-order valence-electron chi connectivity index (χ1n) is 8.03. The van der Waals surface area contributed by atoms with Gasteiger partial charge in [-0.3, -0.25) is 9.59 Å². The number of carbonyl (C=O) groups excluding carboxylic acids is 2. The first kappa shape index (κ1) is 16.5. The molecule has 0 unspecified atom stereocenters. The molecule has 1 saturated carbocycles. The fourth-order valence-corrected chi connectivity index (χ4v) is 6.24. The van der Waals surface area contributed by atoms with Gasteiger partial charge in [-0.05, 0) is 35.9 Å². The molecule has 21 heavy (non-hydrogen) atoms. The van der Waals surface area contributed by atoms with E-state index in [9.17, 15) is 9.59 Å². The molecule has 0 spiro atoms. The van der Waals surface area contributed by atoms with Crippen molar-refractivity contribution in [2.45, 2.75) is 65.1 Å². The van der Waals surface area contributed by atoms with Gasteiger partial charge in [0.2, 0.25) is 0 Å². The highest BCUT2D eigenvalue weighted by Crippen LogP contribution is 2.52. The molecule has 2 rings (SSSR count). The number of fused-ring (bicyclic) bond motifs is 1. The normalized spacial score (nSPS) is 26.3. The number of allylic oxidation sites excluding steroid dienone is 2. The van der Waals surface area contributed by atoms with Crippen molar-refractivity contribution in [1.82, 2.24) is 0 Å². The van der Waals surface area contributed by atoms with Gasteiger partial charge in [0.25, 0.3) is 0 Å². The van der Waals surface area contributed by atoms with E-state index in [4.69, 9.17) is 4.74 Å². The average Bonchev–Trinajstić information content (AvgIpc) is 2.83. The molecule has 3 nitrogen and oxygen atoms in total. The van der Waals surface area contributed by atoms with E-state index in [2.05, 4.69) is 33.9 Å². The van der Waals surface area contributed by atoms with Crippen LogP contribution in [0.3, 0.4) is 0 Å².